The number of hydrogen-bond acceptors (Lipinski definition) is 5. The third kappa shape index (κ3) is 4.92. The summed E-state index contributed by atoms with van der Waals surface area (Å²) < 4.78 is 29.6. The summed E-state index contributed by atoms with van der Waals surface area (Å²) >= 11 is 0. The predicted molar refractivity (Wildman–Crippen MR) is 122 cm³/mol. The number of amides is 2. The van der Waals surface area contributed by atoms with Gasteiger partial charge in [0.25, 0.3) is 0 Å². The molecule has 6 nitrogen and oxygen atoms in total. The molecular weight excluding hydrogens is 426 g/mol. The summed E-state index contributed by atoms with van der Waals surface area (Å²) in [6, 6.07) is 3.45. The summed E-state index contributed by atoms with van der Waals surface area (Å²) in [4.78, 5) is 30.6. The van der Waals surface area contributed by atoms with Gasteiger partial charge in [-0.25, -0.2) is 8.78 Å². The number of imide groups is 1. The van der Waals surface area contributed by atoms with E-state index in [0.29, 0.717) is 11.6 Å². The third-order valence-corrected chi connectivity index (χ3v) is 7.99. The molecule has 4 fully saturated rings. The highest BCUT2D eigenvalue weighted by Crippen LogP contribution is 2.34. The molecule has 3 saturated heterocycles. The fourth-order valence-electron chi connectivity index (χ4n) is 6.07. The molecule has 0 spiro atoms. The molecule has 0 unspecified atom stereocenters. The molecule has 0 radical (unpaired) electrons. The first-order chi connectivity index (χ1) is 16.0. The van der Waals surface area contributed by atoms with E-state index in [4.69, 9.17) is 0 Å². The van der Waals surface area contributed by atoms with Crippen LogP contribution in [0.25, 0.3) is 0 Å². The Kier molecular flexibility index (Phi) is 6.65. The number of carbonyl (C=O) groups is 2. The molecule has 1 N–H and O–H groups in total. The van der Waals surface area contributed by atoms with E-state index in [1.54, 1.807) is 0 Å². The van der Waals surface area contributed by atoms with Crippen LogP contribution in [0.5, 0.6) is 0 Å². The van der Waals surface area contributed by atoms with E-state index in [1.165, 1.54) is 44.2 Å². The molecule has 1 saturated carbocycles. The summed E-state index contributed by atoms with van der Waals surface area (Å²) in [6.45, 7) is 7.14. The van der Waals surface area contributed by atoms with Crippen LogP contribution in [-0.4, -0.2) is 73.5 Å². The first-order valence-corrected chi connectivity index (χ1v) is 12.5. The molecule has 1 atom stereocenters. The highest BCUT2D eigenvalue weighted by atomic mass is 19.1. The van der Waals surface area contributed by atoms with E-state index in [-0.39, 0.29) is 18.4 Å². The minimum atomic E-state index is -0.951. The molecule has 3 heterocycles. The van der Waals surface area contributed by atoms with Crippen molar-refractivity contribution in [2.24, 2.45) is 5.92 Å². The maximum absolute atomic E-state index is 14.8. The number of nitrogens with zero attached hydrogens (tertiary/aromatic N) is 3. The van der Waals surface area contributed by atoms with Gasteiger partial charge < -0.3 is 9.80 Å². The van der Waals surface area contributed by atoms with Crippen molar-refractivity contribution in [3.63, 3.8) is 0 Å². The molecule has 1 aliphatic carbocycles. The Balaban J connectivity index is 1.12. The van der Waals surface area contributed by atoms with Crippen LogP contribution in [0.15, 0.2) is 12.1 Å². The fraction of sp³-hybridized carbons (Fsp3) is 0.680. The molecule has 4 aliphatic rings. The SMILES string of the molecule is O=C1CC[C@H](c2c(F)cc(N3CC(CN4CCN(C5CCCCC5)CC4)C3)cc2F)C(=O)N1. The molecule has 0 aromatic heterocycles. The summed E-state index contributed by atoms with van der Waals surface area (Å²) in [5.41, 5.74) is 0.302. The Bertz CT molecular complexity index is 867. The number of carbonyl (C=O) groups excluding carboxylic acids is 2. The molecule has 1 aromatic rings. The monoisotopic (exact) mass is 460 g/mol. The maximum Gasteiger partial charge on any atom is 0.234 e. The third-order valence-electron chi connectivity index (χ3n) is 7.99. The second-order valence-electron chi connectivity index (χ2n) is 10.2. The number of hydrogen-bond donors (Lipinski definition) is 1. The number of anilines is 1. The van der Waals surface area contributed by atoms with Gasteiger partial charge in [0.2, 0.25) is 11.8 Å². The number of nitrogens with one attached hydrogen (secondary N) is 1. The van der Waals surface area contributed by atoms with Gasteiger partial charge in [0, 0.05) is 75.4 Å². The van der Waals surface area contributed by atoms with Crippen molar-refractivity contribution < 1.29 is 18.4 Å². The molecule has 3 aliphatic heterocycles. The quantitative estimate of drug-likeness (QED) is 0.685. The van der Waals surface area contributed by atoms with Crippen molar-refractivity contribution in [1.29, 1.82) is 0 Å². The smallest absolute Gasteiger partial charge is 0.234 e. The van der Waals surface area contributed by atoms with Gasteiger partial charge in [0.1, 0.15) is 11.6 Å². The lowest BCUT2D eigenvalue weighted by atomic mass is 9.89. The second kappa shape index (κ2) is 9.66. The zero-order valence-corrected chi connectivity index (χ0v) is 19.2. The minimum Gasteiger partial charge on any atom is -0.371 e. The van der Waals surface area contributed by atoms with Crippen LogP contribution in [0.2, 0.25) is 0 Å². The molecule has 0 bridgehead atoms. The van der Waals surface area contributed by atoms with Gasteiger partial charge in [-0.15, -0.1) is 0 Å². The van der Waals surface area contributed by atoms with Gasteiger partial charge >= 0.3 is 0 Å². The lowest BCUT2D eigenvalue weighted by Gasteiger charge is -2.46. The van der Waals surface area contributed by atoms with E-state index in [0.717, 1.165) is 51.9 Å². The number of halogens is 2. The normalized spacial score (nSPS) is 26.4. The van der Waals surface area contributed by atoms with Crippen molar-refractivity contribution in [1.82, 2.24) is 15.1 Å². The largest absolute Gasteiger partial charge is 0.371 e. The Morgan fingerprint density at radius 1 is 0.909 bits per heavy atom. The van der Waals surface area contributed by atoms with E-state index < -0.39 is 29.4 Å². The van der Waals surface area contributed by atoms with E-state index in [9.17, 15) is 18.4 Å². The van der Waals surface area contributed by atoms with E-state index in [1.807, 2.05) is 4.90 Å². The van der Waals surface area contributed by atoms with Gasteiger partial charge in [0.05, 0.1) is 5.92 Å². The van der Waals surface area contributed by atoms with Gasteiger partial charge in [-0.3, -0.25) is 19.8 Å². The summed E-state index contributed by atoms with van der Waals surface area (Å²) in [5.74, 6) is -2.87. The Morgan fingerprint density at radius 2 is 1.58 bits per heavy atom. The highest BCUT2D eigenvalue weighted by Gasteiger charge is 2.35. The topological polar surface area (TPSA) is 55.9 Å². The molecular formula is C25H34F2N4O2. The average molecular weight is 461 g/mol. The van der Waals surface area contributed by atoms with Crippen molar-refractivity contribution in [3.05, 3.63) is 29.3 Å². The fourth-order valence-corrected chi connectivity index (χ4v) is 6.07. The Labute approximate surface area is 194 Å². The molecule has 2 amide bonds. The molecule has 5 rings (SSSR count). The first-order valence-electron chi connectivity index (χ1n) is 12.5. The zero-order chi connectivity index (χ0) is 22.9. The predicted octanol–water partition coefficient (Wildman–Crippen LogP) is 2.87. The lowest BCUT2D eigenvalue weighted by molar-refractivity contribution is -0.134. The van der Waals surface area contributed by atoms with E-state index >= 15 is 0 Å². The molecule has 8 heteroatoms. The number of rotatable bonds is 5. The van der Waals surface area contributed by atoms with Crippen molar-refractivity contribution in [3.8, 4) is 0 Å². The van der Waals surface area contributed by atoms with Crippen LogP contribution in [0.4, 0.5) is 14.5 Å². The maximum atomic E-state index is 14.8. The Morgan fingerprint density at radius 3 is 2.21 bits per heavy atom. The Hall–Kier alpha value is -2.06. The van der Waals surface area contributed by atoms with Crippen molar-refractivity contribution in [2.45, 2.75) is 56.9 Å². The van der Waals surface area contributed by atoms with Crippen LogP contribution in [0.3, 0.4) is 0 Å². The average Bonchev–Trinajstić information content (AvgIpc) is 2.78. The van der Waals surface area contributed by atoms with Gasteiger partial charge in [-0.2, -0.15) is 0 Å². The molecule has 33 heavy (non-hydrogen) atoms. The number of piperidine rings is 1. The first kappa shape index (κ1) is 22.7. The van der Waals surface area contributed by atoms with Crippen LogP contribution in [-0.2, 0) is 9.59 Å². The van der Waals surface area contributed by atoms with Gasteiger partial charge in [-0.1, -0.05) is 19.3 Å². The molecule has 1 aromatic carbocycles. The minimum absolute atomic E-state index is 0.0970. The van der Waals surface area contributed by atoms with E-state index in [2.05, 4.69) is 15.1 Å². The number of benzene rings is 1. The summed E-state index contributed by atoms with van der Waals surface area (Å²) in [5, 5.41) is 2.18. The van der Waals surface area contributed by atoms with Crippen LogP contribution in [0.1, 0.15) is 56.4 Å². The van der Waals surface area contributed by atoms with Crippen LogP contribution < -0.4 is 10.2 Å². The number of piperazine rings is 1. The lowest BCUT2D eigenvalue weighted by Crippen LogP contribution is -2.56. The summed E-state index contributed by atoms with van der Waals surface area (Å²) in [6.07, 6.45) is 7.08. The standard InChI is InChI=1S/C25H34F2N4O2/c26-21-12-19(13-22(27)24(21)20-6-7-23(32)28-25(20)33)31-15-17(16-31)14-29-8-10-30(11-9-29)18-4-2-1-3-5-18/h12-13,17-18,20H,1-11,14-16H2,(H,28,32,33)/t20-/m1/s1. The van der Waals surface area contributed by atoms with Crippen LogP contribution in [0, 0.1) is 17.6 Å². The van der Waals surface area contributed by atoms with Gasteiger partial charge in [-0.05, 0) is 31.4 Å². The second-order valence-corrected chi connectivity index (χ2v) is 10.2. The summed E-state index contributed by atoms with van der Waals surface area (Å²) in [7, 11) is 0. The highest BCUT2D eigenvalue weighted by molar-refractivity contribution is 6.01. The van der Waals surface area contributed by atoms with Crippen molar-refractivity contribution >= 4 is 17.5 Å². The van der Waals surface area contributed by atoms with Crippen molar-refractivity contribution in [2.75, 3.05) is 50.7 Å². The zero-order valence-electron chi connectivity index (χ0n) is 19.2. The molecule has 180 valence electrons. The van der Waals surface area contributed by atoms with Gasteiger partial charge in [0.15, 0.2) is 0 Å². The van der Waals surface area contributed by atoms with Crippen LogP contribution >= 0.6 is 0 Å².